The Morgan fingerprint density at radius 3 is 2.16 bits per heavy atom. The predicted molar refractivity (Wildman–Crippen MR) is 190 cm³/mol. The van der Waals surface area contributed by atoms with Gasteiger partial charge in [0.25, 0.3) is 15.9 Å². The third-order valence-corrected chi connectivity index (χ3v) is 12.0. The van der Waals surface area contributed by atoms with Crippen molar-refractivity contribution in [3.63, 3.8) is 0 Å². The number of rotatable bonds is 9. The number of nitrogens with one attached hydrogen (secondary N) is 1. The minimum absolute atomic E-state index is 0.0496. The van der Waals surface area contributed by atoms with Gasteiger partial charge in [-0.25, -0.2) is 16.8 Å². The maximum absolute atomic E-state index is 14.4. The maximum atomic E-state index is 14.4. The highest BCUT2D eigenvalue weighted by Gasteiger charge is 2.32. The molecule has 1 aliphatic heterocycles. The molecule has 0 aromatic heterocycles. The summed E-state index contributed by atoms with van der Waals surface area (Å²) in [6.45, 7) is 9.49. The molecule has 0 saturated carbocycles. The first-order valence-electron chi connectivity index (χ1n) is 16.6. The number of carbonyl (C=O) groups excluding carboxylic acids is 1. The van der Waals surface area contributed by atoms with Crippen LogP contribution in [0.3, 0.4) is 0 Å². The van der Waals surface area contributed by atoms with Gasteiger partial charge in [0, 0.05) is 38.3 Å². The summed E-state index contributed by atoms with van der Waals surface area (Å²) in [5.41, 5.74) is 2.18. The number of ether oxygens (including phenoxy) is 2. The second-order valence-corrected chi connectivity index (χ2v) is 16.8. The Balaban J connectivity index is 1.67. The molecule has 49 heavy (non-hydrogen) atoms. The van der Waals surface area contributed by atoms with Crippen LogP contribution in [0.2, 0.25) is 0 Å². The van der Waals surface area contributed by atoms with Crippen molar-refractivity contribution in [1.82, 2.24) is 9.21 Å². The van der Waals surface area contributed by atoms with E-state index in [1.54, 1.807) is 55.5 Å². The van der Waals surface area contributed by atoms with Crippen LogP contribution in [0.5, 0.6) is 5.75 Å². The third kappa shape index (κ3) is 9.82. The largest absolute Gasteiger partial charge is 0.490 e. The lowest BCUT2D eigenvalue weighted by molar-refractivity contribution is -0.00833. The Bertz CT molecular complexity index is 1780. The number of hydrogen-bond acceptors (Lipinski definition) is 8. The number of aliphatic hydroxyl groups excluding tert-OH is 1. The maximum Gasteiger partial charge on any atom is 0.261 e. The molecule has 3 aromatic rings. The Kier molecular flexibility index (Phi) is 12.9. The van der Waals surface area contributed by atoms with Gasteiger partial charge >= 0.3 is 0 Å². The normalized spacial score (nSPS) is 20.6. The average Bonchev–Trinajstić information content (AvgIpc) is 3.06. The molecule has 3 aromatic carbocycles. The molecule has 2 N–H and O–H groups in total. The van der Waals surface area contributed by atoms with Gasteiger partial charge in [-0.1, -0.05) is 42.3 Å². The van der Waals surface area contributed by atoms with E-state index in [-0.39, 0.29) is 52.8 Å². The summed E-state index contributed by atoms with van der Waals surface area (Å²) in [6.07, 6.45) is 1.31. The van der Waals surface area contributed by atoms with Crippen molar-refractivity contribution in [2.45, 2.75) is 81.9 Å². The van der Waals surface area contributed by atoms with Crippen molar-refractivity contribution in [3.05, 3.63) is 83.4 Å². The van der Waals surface area contributed by atoms with Crippen LogP contribution in [-0.4, -0.2) is 88.7 Å². The number of benzene rings is 3. The summed E-state index contributed by atoms with van der Waals surface area (Å²) in [6, 6.07) is 17.1. The van der Waals surface area contributed by atoms with Gasteiger partial charge in [0.05, 0.1) is 40.2 Å². The molecule has 0 fully saturated rings. The second-order valence-electron chi connectivity index (χ2n) is 13.0. The highest BCUT2D eigenvalue weighted by molar-refractivity contribution is 7.92. The fraction of sp³-hybridized carbons (Fsp3) is 0.472. The Hall–Kier alpha value is -3.49. The number of nitrogens with zero attached hydrogens (tertiary/aromatic N) is 2. The van der Waals surface area contributed by atoms with E-state index >= 15 is 0 Å². The summed E-state index contributed by atoms with van der Waals surface area (Å²) in [5.74, 6) is -0.529. The van der Waals surface area contributed by atoms with Gasteiger partial charge < -0.3 is 19.5 Å². The lowest BCUT2D eigenvalue weighted by Gasteiger charge is -2.35. The number of sulfonamides is 2. The molecule has 268 valence electrons. The fourth-order valence-corrected chi connectivity index (χ4v) is 7.85. The topological polar surface area (TPSA) is 143 Å². The molecular weight excluding hydrogens is 667 g/mol. The zero-order valence-corrected chi connectivity index (χ0v) is 30.8. The van der Waals surface area contributed by atoms with E-state index in [9.17, 15) is 26.7 Å². The van der Waals surface area contributed by atoms with Gasteiger partial charge in [0.1, 0.15) is 5.75 Å². The summed E-state index contributed by atoms with van der Waals surface area (Å²) in [5, 5.41) is 10.2. The van der Waals surface area contributed by atoms with Gasteiger partial charge in [-0.15, -0.1) is 0 Å². The van der Waals surface area contributed by atoms with E-state index < -0.39 is 38.1 Å². The zero-order chi connectivity index (χ0) is 35.9. The Morgan fingerprint density at radius 2 is 1.55 bits per heavy atom. The number of fused-ring (bicyclic) bond motifs is 1. The van der Waals surface area contributed by atoms with Crippen molar-refractivity contribution < 1.29 is 36.2 Å². The number of likely N-dealkylation sites (N-methyl/N-ethyl adjacent to an activating group) is 1. The minimum atomic E-state index is -3.96. The van der Waals surface area contributed by atoms with Crippen LogP contribution in [0.1, 0.15) is 61.5 Å². The molecule has 1 amide bonds. The Morgan fingerprint density at radius 1 is 0.939 bits per heavy atom. The third-order valence-electron chi connectivity index (χ3n) is 8.80. The average molecular weight is 716 g/mol. The standard InChI is InChI=1S/C36H49N3O8S2/c1-25-10-15-31(16-11-25)48(42,43)37-30-14-19-34-33(21-30)36(41)39(28(4)24-40)22-27(3)35(46-20-8-7-9-29(5)47-34)23-38(6)49(44,45)32-17-12-26(2)13-18-32/h10-19,21,27-29,35,37,40H,7-9,20,22-24H2,1-6H3/t27-,28-,29+,35+/m1/s1. The summed E-state index contributed by atoms with van der Waals surface area (Å²) < 4.78 is 69.8. The van der Waals surface area contributed by atoms with Crippen LogP contribution >= 0.6 is 0 Å². The molecule has 1 heterocycles. The molecule has 4 rings (SSSR count). The van der Waals surface area contributed by atoms with Gasteiger partial charge in [0.2, 0.25) is 10.0 Å². The summed E-state index contributed by atoms with van der Waals surface area (Å²) in [7, 11) is -6.25. The van der Waals surface area contributed by atoms with Gasteiger partial charge in [-0.2, -0.15) is 4.31 Å². The van der Waals surface area contributed by atoms with Crippen LogP contribution < -0.4 is 9.46 Å². The van der Waals surface area contributed by atoms with Gasteiger partial charge in [-0.3, -0.25) is 9.52 Å². The summed E-state index contributed by atoms with van der Waals surface area (Å²) in [4.78, 5) is 16.2. The molecule has 0 radical (unpaired) electrons. The molecular formula is C36H49N3O8S2. The van der Waals surface area contributed by atoms with Crippen molar-refractivity contribution in [1.29, 1.82) is 0 Å². The van der Waals surface area contributed by atoms with Crippen molar-refractivity contribution in [3.8, 4) is 5.75 Å². The molecule has 0 aliphatic carbocycles. The van der Waals surface area contributed by atoms with Crippen LogP contribution in [-0.2, 0) is 24.8 Å². The second kappa shape index (κ2) is 16.5. The van der Waals surface area contributed by atoms with Crippen molar-refractivity contribution in [2.75, 3.05) is 38.1 Å². The van der Waals surface area contributed by atoms with Crippen molar-refractivity contribution >= 4 is 31.6 Å². The number of carbonyl (C=O) groups is 1. The van der Waals surface area contributed by atoms with E-state index in [4.69, 9.17) is 9.47 Å². The first-order valence-corrected chi connectivity index (χ1v) is 19.5. The minimum Gasteiger partial charge on any atom is -0.490 e. The smallest absolute Gasteiger partial charge is 0.261 e. The lowest BCUT2D eigenvalue weighted by Crippen LogP contribution is -2.48. The SMILES string of the molecule is Cc1ccc(S(=O)(=O)Nc2ccc3c(c2)C(=O)N([C@H](C)CO)C[C@@H](C)[C@H](CN(C)S(=O)(=O)c2ccc(C)cc2)OCCCC[C@H](C)O3)cc1. The highest BCUT2D eigenvalue weighted by atomic mass is 32.2. The molecule has 0 saturated heterocycles. The van der Waals surface area contributed by atoms with Crippen LogP contribution in [0.15, 0.2) is 76.5 Å². The quantitative estimate of drug-likeness (QED) is 0.307. The molecule has 11 nitrogen and oxygen atoms in total. The van der Waals surface area contributed by atoms with Gasteiger partial charge in [-0.05, 0) is 89.4 Å². The number of hydrogen-bond donors (Lipinski definition) is 2. The highest BCUT2D eigenvalue weighted by Crippen LogP contribution is 2.30. The van der Waals surface area contributed by atoms with E-state index in [0.29, 0.717) is 25.2 Å². The number of aliphatic hydroxyl groups is 1. The zero-order valence-electron chi connectivity index (χ0n) is 29.1. The first-order chi connectivity index (χ1) is 23.1. The number of aryl methyl sites for hydroxylation is 2. The van der Waals surface area contributed by atoms with E-state index in [0.717, 1.165) is 17.5 Å². The van der Waals surface area contributed by atoms with Crippen LogP contribution in [0, 0.1) is 19.8 Å². The Labute approximate surface area is 291 Å². The molecule has 0 bridgehead atoms. The van der Waals surface area contributed by atoms with Crippen LogP contribution in [0.4, 0.5) is 5.69 Å². The van der Waals surface area contributed by atoms with Crippen molar-refractivity contribution in [2.24, 2.45) is 5.92 Å². The number of amides is 1. The van der Waals surface area contributed by atoms with E-state index in [1.165, 1.54) is 34.5 Å². The fourth-order valence-electron chi connectivity index (χ4n) is 5.62. The molecule has 0 spiro atoms. The van der Waals surface area contributed by atoms with E-state index in [2.05, 4.69) is 4.72 Å². The number of anilines is 1. The molecule has 1 aliphatic rings. The molecule has 0 unspecified atom stereocenters. The monoisotopic (exact) mass is 715 g/mol. The predicted octanol–water partition coefficient (Wildman–Crippen LogP) is 5.22. The lowest BCUT2D eigenvalue weighted by atomic mass is 10.0. The molecule has 13 heteroatoms. The first kappa shape index (κ1) is 38.3. The summed E-state index contributed by atoms with van der Waals surface area (Å²) >= 11 is 0. The van der Waals surface area contributed by atoms with Crippen LogP contribution in [0.25, 0.3) is 0 Å². The molecule has 4 atom stereocenters. The van der Waals surface area contributed by atoms with E-state index in [1.807, 2.05) is 27.7 Å². The van der Waals surface area contributed by atoms with Gasteiger partial charge in [0.15, 0.2) is 0 Å².